The van der Waals surface area contributed by atoms with Crippen LogP contribution in [0.5, 0.6) is 0 Å². The van der Waals surface area contributed by atoms with Crippen LogP contribution in [0.25, 0.3) is 12.2 Å². The van der Waals surface area contributed by atoms with Crippen molar-refractivity contribution in [2.45, 2.75) is 0 Å². The van der Waals surface area contributed by atoms with Crippen molar-refractivity contribution in [1.82, 2.24) is 0 Å². The van der Waals surface area contributed by atoms with Crippen LogP contribution in [0.2, 0.25) is 0 Å². The minimum Gasteiger partial charge on any atom is -0.121 e. The number of fused-ring (bicyclic) bond motifs is 2. The van der Waals surface area contributed by atoms with Gasteiger partial charge in [0.25, 0.3) is 0 Å². The van der Waals surface area contributed by atoms with Crippen molar-refractivity contribution in [2.75, 3.05) is 5.75 Å². The van der Waals surface area contributed by atoms with Crippen LogP contribution < -0.4 is 0 Å². The molecular weight excluding hydrogens is 188 g/mol. The predicted octanol–water partition coefficient (Wildman–Crippen LogP) is 3.73. The maximum atomic E-state index is 2.29. The highest BCUT2D eigenvalue weighted by molar-refractivity contribution is 8.03. The largest absolute Gasteiger partial charge is 0.121 e. The molecule has 1 aliphatic carbocycles. The molecule has 1 aromatic carbocycles. The Kier molecular flexibility index (Phi) is 1.84. The van der Waals surface area contributed by atoms with E-state index in [1.807, 2.05) is 11.8 Å². The summed E-state index contributed by atoms with van der Waals surface area (Å²) in [6, 6.07) is 8.52. The van der Waals surface area contributed by atoms with Gasteiger partial charge in [-0.3, -0.25) is 0 Å². The second-order valence-corrected chi connectivity index (χ2v) is 4.50. The van der Waals surface area contributed by atoms with Gasteiger partial charge < -0.3 is 0 Å². The second kappa shape index (κ2) is 3.18. The summed E-state index contributed by atoms with van der Waals surface area (Å²) >= 11 is 1.92. The molecule has 0 radical (unpaired) electrons. The van der Waals surface area contributed by atoms with Crippen LogP contribution in [0.4, 0.5) is 0 Å². The lowest BCUT2D eigenvalue weighted by molar-refractivity contribution is 1.62. The fraction of sp³-hybridized carbons (Fsp3) is 0.0769. The Morgan fingerprint density at radius 3 is 2.79 bits per heavy atom. The van der Waals surface area contributed by atoms with Gasteiger partial charge in [0.2, 0.25) is 0 Å². The van der Waals surface area contributed by atoms with Crippen molar-refractivity contribution >= 4 is 23.9 Å². The van der Waals surface area contributed by atoms with Crippen molar-refractivity contribution in [3.8, 4) is 0 Å². The summed E-state index contributed by atoms with van der Waals surface area (Å²) in [5.74, 6) is 1.12. The molecule has 1 heterocycles. The monoisotopic (exact) mass is 198 g/mol. The van der Waals surface area contributed by atoms with Crippen LogP contribution in [-0.2, 0) is 0 Å². The molecule has 0 nitrogen and oxygen atoms in total. The molecule has 0 spiro atoms. The van der Waals surface area contributed by atoms with Crippen molar-refractivity contribution in [2.24, 2.45) is 0 Å². The Morgan fingerprint density at radius 1 is 1.00 bits per heavy atom. The lowest BCUT2D eigenvalue weighted by atomic mass is 10.1. The summed E-state index contributed by atoms with van der Waals surface area (Å²) in [5, 5.41) is 0. The van der Waals surface area contributed by atoms with Crippen LogP contribution in [0.3, 0.4) is 0 Å². The van der Waals surface area contributed by atoms with E-state index in [9.17, 15) is 0 Å². The van der Waals surface area contributed by atoms with Crippen molar-refractivity contribution < 1.29 is 0 Å². The molecule has 0 unspecified atom stereocenters. The first-order valence-corrected chi connectivity index (χ1v) is 5.74. The van der Waals surface area contributed by atoms with Gasteiger partial charge in [-0.2, -0.15) is 0 Å². The van der Waals surface area contributed by atoms with Gasteiger partial charge >= 0.3 is 0 Å². The van der Waals surface area contributed by atoms with Crippen molar-refractivity contribution in [1.29, 1.82) is 0 Å². The Bertz CT molecular complexity index is 464. The normalized spacial score (nSPS) is 18.0. The zero-order chi connectivity index (χ0) is 9.38. The number of benzene rings is 1. The van der Waals surface area contributed by atoms with E-state index in [1.54, 1.807) is 0 Å². The van der Waals surface area contributed by atoms with Crippen LogP contribution in [0, 0.1) is 0 Å². The van der Waals surface area contributed by atoms with E-state index < -0.39 is 0 Å². The molecule has 1 aromatic rings. The molecule has 0 saturated carbocycles. The smallest absolute Gasteiger partial charge is 0.0170 e. The molecule has 68 valence electrons. The molecule has 3 rings (SSSR count). The standard InChI is InChI=1S/C13H10S/c1-2-4-12-9-13-11(7-8-14-13)6-5-10(12)3-1/h1-7,9H,8H2. The number of allylic oxidation sites excluding steroid dienone is 2. The molecule has 14 heavy (non-hydrogen) atoms. The quantitative estimate of drug-likeness (QED) is 0.612. The predicted molar refractivity (Wildman–Crippen MR) is 64.0 cm³/mol. The van der Waals surface area contributed by atoms with Gasteiger partial charge in [0, 0.05) is 10.7 Å². The molecule has 0 saturated heterocycles. The highest BCUT2D eigenvalue weighted by atomic mass is 32.2. The van der Waals surface area contributed by atoms with E-state index >= 15 is 0 Å². The third-order valence-electron chi connectivity index (χ3n) is 2.55. The van der Waals surface area contributed by atoms with Gasteiger partial charge in [-0.05, 0) is 22.8 Å². The first-order valence-electron chi connectivity index (χ1n) is 4.76. The third kappa shape index (κ3) is 1.25. The highest BCUT2D eigenvalue weighted by Crippen LogP contribution is 2.36. The number of rotatable bonds is 0. The number of hydrogen-bond acceptors (Lipinski definition) is 1. The van der Waals surface area contributed by atoms with E-state index in [4.69, 9.17) is 0 Å². The van der Waals surface area contributed by atoms with Gasteiger partial charge in [-0.15, -0.1) is 11.8 Å². The van der Waals surface area contributed by atoms with Gasteiger partial charge in [0.15, 0.2) is 0 Å². The van der Waals surface area contributed by atoms with E-state index in [-0.39, 0.29) is 0 Å². The minimum atomic E-state index is 1.12. The maximum absolute atomic E-state index is 2.29. The Morgan fingerprint density at radius 2 is 1.86 bits per heavy atom. The summed E-state index contributed by atoms with van der Waals surface area (Å²) in [6.07, 6.45) is 9.01. The van der Waals surface area contributed by atoms with E-state index in [1.165, 1.54) is 21.6 Å². The van der Waals surface area contributed by atoms with Crippen LogP contribution in [0.1, 0.15) is 11.1 Å². The van der Waals surface area contributed by atoms with E-state index in [0.717, 1.165) is 5.75 Å². The molecule has 0 N–H and O–H groups in total. The molecule has 1 heteroatoms. The first-order chi connectivity index (χ1) is 6.93. The Labute approximate surface area is 88.0 Å². The van der Waals surface area contributed by atoms with Gasteiger partial charge in [0.05, 0.1) is 0 Å². The average Bonchev–Trinajstić information content (AvgIpc) is 2.58. The molecule has 0 bridgehead atoms. The van der Waals surface area contributed by atoms with Crippen LogP contribution in [-0.4, -0.2) is 5.75 Å². The highest BCUT2D eigenvalue weighted by Gasteiger charge is 2.12. The first kappa shape index (κ1) is 8.13. The summed E-state index contributed by atoms with van der Waals surface area (Å²) in [5.41, 5.74) is 4.03. The SMILES string of the molecule is C1=Cc2ccccc2C=C2SCC=C12. The zero-order valence-corrected chi connectivity index (χ0v) is 8.55. The molecule has 0 amide bonds. The van der Waals surface area contributed by atoms with E-state index in [2.05, 4.69) is 48.6 Å². The van der Waals surface area contributed by atoms with Gasteiger partial charge in [0.1, 0.15) is 0 Å². The summed E-state index contributed by atoms with van der Waals surface area (Å²) in [7, 11) is 0. The van der Waals surface area contributed by atoms with Crippen molar-refractivity contribution in [3.63, 3.8) is 0 Å². The maximum Gasteiger partial charge on any atom is 0.0170 e. The topological polar surface area (TPSA) is 0 Å². The Hall–Kier alpha value is -1.21. The lowest BCUT2D eigenvalue weighted by Gasteiger charge is -1.99. The van der Waals surface area contributed by atoms with Gasteiger partial charge in [-0.25, -0.2) is 0 Å². The van der Waals surface area contributed by atoms with Crippen molar-refractivity contribution in [3.05, 3.63) is 58.0 Å². The fourth-order valence-electron chi connectivity index (χ4n) is 1.80. The molecule has 0 aromatic heterocycles. The Balaban J connectivity index is 2.22. The minimum absolute atomic E-state index is 1.12. The zero-order valence-electron chi connectivity index (χ0n) is 7.73. The van der Waals surface area contributed by atoms with Gasteiger partial charge in [-0.1, -0.05) is 42.5 Å². The molecule has 1 aliphatic heterocycles. The van der Waals surface area contributed by atoms with E-state index in [0.29, 0.717) is 0 Å². The second-order valence-electron chi connectivity index (χ2n) is 3.44. The molecule has 0 atom stereocenters. The number of hydrogen-bond donors (Lipinski definition) is 0. The number of thioether (sulfide) groups is 1. The summed E-state index contributed by atoms with van der Waals surface area (Å²) in [6.45, 7) is 0. The molecule has 2 aliphatic rings. The molecular formula is C13H10S. The summed E-state index contributed by atoms with van der Waals surface area (Å²) in [4.78, 5) is 1.41. The van der Waals surface area contributed by atoms with Crippen LogP contribution in [0.15, 0.2) is 46.9 Å². The van der Waals surface area contributed by atoms with Crippen LogP contribution >= 0.6 is 11.8 Å². The lowest BCUT2D eigenvalue weighted by Crippen LogP contribution is -1.77. The molecule has 0 fully saturated rings. The third-order valence-corrected chi connectivity index (χ3v) is 3.55. The average molecular weight is 198 g/mol. The summed E-state index contributed by atoms with van der Waals surface area (Å²) < 4.78 is 0. The fourth-order valence-corrected chi connectivity index (χ4v) is 2.77.